The Morgan fingerprint density at radius 2 is 1.86 bits per heavy atom. The number of hydrogen-bond acceptors (Lipinski definition) is 10. The van der Waals surface area contributed by atoms with Crippen molar-refractivity contribution in [2.45, 2.75) is 24.9 Å². The summed E-state index contributed by atoms with van der Waals surface area (Å²) in [6, 6.07) is 0. The van der Waals surface area contributed by atoms with Crippen LogP contribution in [0.3, 0.4) is 0 Å². The third-order valence-electron chi connectivity index (χ3n) is 3.11. The number of halogens is 1. The summed E-state index contributed by atoms with van der Waals surface area (Å²) in [5.41, 5.74) is -0.661. The first-order chi connectivity index (χ1) is 12.7. The molecule has 0 amide bonds. The van der Waals surface area contributed by atoms with Crippen LogP contribution < -0.4 is 5.69 Å². The van der Waals surface area contributed by atoms with Crippen molar-refractivity contribution in [3.63, 3.8) is 0 Å². The number of rotatable bonds is 8. The van der Waals surface area contributed by atoms with E-state index in [2.05, 4.69) is 18.1 Å². The standard InChI is InChI=1S/C9H14IN2O13P3/c10-5-2-11-9(14)12(3-5)8-1-6(13)7(23-8)4-22-27(18,19)25-28(20,21)24-26(15,16)17/h2-3,6-8,13H,1,4H2,(H,18,19)(H,20,21)(H2,15,16,17)/t6-,7+,8+/m0/s1. The van der Waals surface area contributed by atoms with E-state index in [1.165, 1.54) is 12.4 Å². The molecule has 1 aliphatic rings. The molecular weight excluding hydrogens is 564 g/mol. The zero-order valence-electron chi connectivity index (χ0n) is 13.4. The number of phosphoric ester groups is 1. The van der Waals surface area contributed by atoms with Crippen molar-refractivity contribution >= 4 is 46.1 Å². The highest BCUT2D eigenvalue weighted by molar-refractivity contribution is 14.1. The number of ether oxygens (including phenoxy) is 1. The molecule has 0 spiro atoms. The number of nitrogens with zero attached hydrogens (tertiary/aromatic N) is 2. The van der Waals surface area contributed by atoms with E-state index < -0.39 is 54.2 Å². The van der Waals surface area contributed by atoms with E-state index in [1.807, 2.05) is 22.6 Å². The Bertz CT molecular complexity index is 917. The summed E-state index contributed by atoms with van der Waals surface area (Å²) in [4.78, 5) is 50.7. The van der Waals surface area contributed by atoms with E-state index in [0.717, 1.165) is 4.57 Å². The highest BCUT2D eigenvalue weighted by Gasteiger charge is 2.42. The highest BCUT2D eigenvalue weighted by Crippen LogP contribution is 2.66. The van der Waals surface area contributed by atoms with Gasteiger partial charge in [0.2, 0.25) is 0 Å². The maximum Gasteiger partial charge on any atom is 0.490 e. The first kappa shape index (κ1) is 24.2. The second-order valence-electron chi connectivity index (χ2n) is 5.28. The van der Waals surface area contributed by atoms with E-state index in [0.29, 0.717) is 3.57 Å². The second kappa shape index (κ2) is 8.98. The van der Waals surface area contributed by atoms with Gasteiger partial charge in [-0.15, -0.1) is 0 Å². The van der Waals surface area contributed by atoms with E-state index in [9.17, 15) is 28.5 Å². The van der Waals surface area contributed by atoms with Crippen LogP contribution in [0.5, 0.6) is 0 Å². The van der Waals surface area contributed by atoms with Gasteiger partial charge in [-0.25, -0.2) is 23.5 Å². The normalized spacial score (nSPS) is 27.3. The Morgan fingerprint density at radius 1 is 1.21 bits per heavy atom. The molecule has 2 rings (SSSR count). The average Bonchev–Trinajstić information content (AvgIpc) is 2.85. The Kier molecular flexibility index (Phi) is 7.76. The van der Waals surface area contributed by atoms with Crippen LogP contribution in [-0.2, 0) is 31.6 Å². The molecule has 15 nitrogen and oxygen atoms in total. The van der Waals surface area contributed by atoms with Gasteiger partial charge in [0.25, 0.3) is 0 Å². The van der Waals surface area contributed by atoms with Gasteiger partial charge in [-0.1, -0.05) is 0 Å². The van der Waals surface area contributed by atoms with Crippen molar-refractivity contribution in [3.8, 4) is 0 Å². The molecule has 1 aromatic heterocycles. The van der Waals surface area contributed by atoms with Crippen LogP contribution in [0, 0.1) is 3.57 Å². The van der Waals surface area contributed by atoms with Crippen LogP contribution in [-0.4, -0.2) is 53.0 Å². The molecule has 1 aliphatic heterocycles. The van der Waals surface area contributed by atoms with Crippen molar-refractivity contribution < 1.29 is 56.3 Å². The molecule has 160 valence electrons. The Labute approximate surface area is 169 Å². The fourth-order valence-electron chi connectivity index (χ4n) is 2.12. The summed E-state index contributed by atoms with van der Waals surface area (Å²) in [7, 11) is -16.5. The van der Waals surface area contributed by atoms with Crippen LogP contribution in [0.4, 0.5) is 0 Å². The van der Waals surface area contributed by atoms with Gasteiger partial charge in [-0.3, -0.25) is 9.09 Å². The van der Waals surface area contributed by atoms with Gasteiger partial charge >= 0.3 is 29.2 Å². The molecule has 1 fully saturated rings. The molecule has 0 aromatic carbocycles. The maximum atomic E-state index is 11.8. The lowest BCUT2D eigenvalue weighted by Gasteiger charge is -2.19. The number of aliphatic hydroxyl groups is 1. The Hall–Kier alpha value is -0.0600. The van der Waals surface area contributed by atoms with Gasteiger partial charge in [0.05, 0.1) is 12.7 Å². The molecule has 19 heteroatoms. The average molecular weight is 578 g/mol. The number of aromatic nitrogens is 2. The zero-order valence-corrected chi connectivity index (χ0v) is 18.3. The predicted octanol–water partition coefficient (Wildman–Crippen LogP) is -0.160. The molecule has 0 saturated carbocycles. The van der Waals surface area contributed by atoms with Gasteiger partial charge in [-0.2, -0.15) is 8.62 Å². The minimum atomic E-state index is -5.64. The minimum Gasteiger partial charge on any atom is -0.390 e. The quantitative estimate of drug-likeness (QED) is 0.200. The van der Waals surface area contributed by atoms with E-state index in [-0.39, 0.29) is 6.42 Å². The van der Waals surface area contributed by atoms with Crippen LogP contribution in [0.25, 0.3) is 0 Å². The highest BCUT2D eigenvalue weighted by atomic mass is 127. The second-order valence-corrected chi connectivity index (χ2v) is 10.9. The summed E-state index contributed by atoms with van der Waals surface area (Å²) in [5, 5.41) is 9.98. The molecule has 2 unspecified atom stereocenters. The number of phosphoric acid groups is 3. The van der Waals surface area contributed by atoms with E-state index in [4.69, 9.17) is 19.4 Å². The van der Waals surface area contributed by atoms with Gasteiger partial charge in [0.1, 0.15) is 12.3 Å². The summed E-state index contributed by atoms with van der Waals surface area (Å²) < 4.78 is 52.1. The number of aliphatic hydroxyl groups excluding tert-OH is 1. The van der Waals surface area contributed by atoms with Gasteiger partial charge in [-0.05, 0) is 22.6 Å². The topological polar surface area (TPSA) is 224 Å². The van der Waals surface area contributed by atoms with Crippen LogP contribution in [0.15, 0.2) is 17.2 Å². The molecule has 0 radical (unpaired) electrons. The summed E-state index contributed by atoms with van der Waals surface area (Å²) in [5.74, 6) is 0. The lowest BCUT2D eigenvalue weighted by Crippen LogP contribution is -2.28. The molecule has 5 atom stereocenters. The fourth-order valence-corrected chi connectivity index (χ4v) is 5.59. The fraction of sp³-hybridized carbons (Fsp3) is 0.556. The molecular formula is C9H14IN2O13P3. The van der Waals surface area contributed by atoms with Gasteiger partial charge in [0.15, 0.2) is 0 Å². The monoisotopic (exact) mass is 578 g/mol. The van der Waals surface area contributed by atoms with Crippen molar-refractivity contribution in [2.24, 2.45) is 0 Å². The van der Waals surface area contributed by atoms with Crippen molar-refractivity contribution in [3.05, 3.63) is 26.4 Å². The largest absolute Gasteiger partial charge is 0.490 e. The SMILES string of the molecule is O=c1ncc(I)cn1[C@H]1C[C@H](O)[C@@H](COP(=O)(O)OP(=O)(O)OP(=O)(O)O)O1. The van der Waals surface area contributed by atoms with Gasteiger partial charge in [0, 0.05) is 22.4 Å². The van der Waals surface area contributed by atoms with Crippen molar-refractivity contribution in [1.29, 1.82) is 0 Å². The van der Waals surface area contributed by atoms with Crippen LogP contribution >= 0.6 is 46.1 Å². The summed E-state index contributed by atoms with van der Waals surface area (Å²) in [6.45, 7) is -0.826. The predicted molar refractivity (Wildman–Crippen MR) is 95.6 cm³/mol. The first-order valence-corrected chi connectivity index (χ1v) is 12.6. The Balaban J connectivity index is 1.99. The van der Waals surface area contributed by atoms with Crippen LogP contribution in [0.2, 0.25) is 0 Å². The number of hydrogen-bond donors (Lipinski definition) is 5. The third kappa shape index (κ3) is 7.32. The van der Waals surface area contributed by atoms with E-state index in [1.54, 1.807) is 0 Å². The molecule has 1 saturated heterocycles. The molecule has 28 heavy (non-hydrogen) atoms. The third-order valence-corrected chi connectivity index (χ3v) is 7.47. The van der Waals surface area contributed by atoms with Gasteiger partial charge < -0.3 is 29.4 Å². The zero-order chi connectivity index (χ0) is 21.3. The van der Waals surface area contributed by atoms with Crippen LogP contribution in [0.1, 0.15) is 12.6 Å². The molecule has 0 bridgehead atoms. The first-order valence-electron chi connectivity index (χ1n) is 7.03. The van der Waals surface area contributed by atoms with E-state index >= 15 is 0 Å². The molecule has 5 N–H and O–H groups in total. The molecule has 1 aromatic rings. The Morgan fingerprint density at radius 3 is 2.46 bits per heavy atom. The lowest BCUT2D eigenvalue weighted by molar-refractivity contribution is -0.0450. The van der Waals surface area contributed by atoms with Crippen molar-refractivity contribution in [2.75, 3.05) is 6.61 Å². The molecule has 2 heterocycles. The molecule has 0 aliphatic carbocycles. The summed E-state index contributed by atoms with van der Waals surface area (Å²) >= 11 is 1.90. The summed E-state index contributed by atoms with van der Waals surface area (Å²) in [6.07, 6.45) is -0.803. The van der Waals surface area contributed by atoms with Crippen molar-refractivity contribution in [1.82, 2.24) is 9.55 Å². The lowest BCUT2D eigenvalue weighted by atomic mass is 10.2. The maximum absolute atomic E-state index is 11.8. The minimum absolute atomic E-state index is 0.0912. The smallest absolute Gasteiger partial charge is 0.390 e.